The van der Waals surface area contributed by atoms with Gasteiger partial charge in [-0.25, -0.2) is 13.2 Å². The second kappa shape index (κ2) is 14.2. The van der Waals surface area contributed by atoms with E-state index in [2.05, 4.69) is 5.32 Å². The molecule has 34 heavy (non-hydrogen) atoms. The molecule has 194 valence electrons. The van der Waals surface area contributed by atoms with Gasteiger partial charge in [0, 0.05) is 51.4 Å². The van der Waals surface area contributed by atoms with Crippen molar-refractivity contribution in [1.82, 2.24) is 14.5 Å². The van der Waals surface area contributed by atoms with Crippen molar-refractivity contribution >= 4 is 21.9 Å². The summed E-state index contributed by atoms with van der Waals surface area (Å²) in [6, 6.07) is 8.98. The summed E-state index contributed by atoms with van der Waals surface area (Å²) in [5.74, 6) is -2.96. The summed E-state index contributed by atoms with van der Waals surface area (Å²) in [7, 11) is -3.37. The molecule has 0 radical (unpaired) electrons. The molecule has 0 spiro atoms. The van der Waals surface area contributed by atoms with Crippen molar-refractivity contribution in [1.29, 1.82) is 0 Å². The van der Waals surface area contributed by atoms with Gasteiger partial charge in [0.25, 0.3) is 5.91 Å². The highest BCUT2D eigenvalue weighted by atomic mass is 32.2. The lowest BCUT2D eigenvalue weighted by atomic mass is 10.2. The summed E-state index contributed by atoms with van der Waals surface area (Å²) in [4.78, 5) is 23.4. The van der Waals surface area contributed by atoms with E-state index < -0.39 is 22.2 Å². The van der Waals surface area contributed by atoms with Crippen LogP contribution in [-0.2, 0) is 19.6 Å². The van der Waals surface area contributed by atoms with Crippen LogP contribution >= 0.6 is 0 Å². The van der Waals surface area contributed by atoms with Crippen LogP contribution in [0, 0.1) is 0 Å². The number of benzene rings is 1. The smallest absolute Gasteiger partial charge is 0.475 e. The maximum atomic E-state index is 12.8. The van der Waals surface area contributed by atoms with Gasteiger partial charge < -0.3 is 20.1 Å². The van der Waals surface area contributed by atoms with Crippen LogP contribution in [0.2, 0.25) is 0 Å². The van der Waals surface area contributed by atoms with Crippen LogP contribution in [0.4, 0.5) is 13.2 Å². The van der Waals surface area contributed by atoms with Gasteiger partial charge in [0.15, 0.2) is 0 Å². The number of carboxylic acid groups (broad SMARTS) is 1. The third kappa shape index (κ3) is 11.3. The molecule has 1 saturated heterocycles. The first-order chi connectivity index (χ1) is 15.8. The fraction of sp³-hybridized carbons (Fsp3) is 0.619. The number of hydrogen-bond donors (Lipinski definition) is 2. The Bertz CT molecular complexity index is 860. The average Bonchev–Trinajstić information content (AvgIpc) is 2.79. The molecule has 1 fully saturated rings. The number of nitrogens with zero attached hydrogens (tertiary/aromatic N) is 2. The van der Waals surface area contributed by atoms with Crippen LogP contribution < -0.4 is 5.32 Å². The zero-order chi connectivity index (χ0) is 25.8. The van der Waals surface area contributed by atoms with E-state index in [0.29, 0.717) is 51.3 Å². The molecule has 2 N–H and O–H groups in total. The molecular weight excluding hydrogens is 479 g/mol. The molecule has 1 amide bonds. The Morgan fingerprint density at radius 1 is 1.15 bits per heavy atom. The first-order valence-electron chi connectivity index (χ1n) is 10.8. The lowest BCUT2D eigenvalue weighted by Crippen LogP contribution is -2.48. The Hall–Kier alpha value is -2.22. The number of alkyl halides is 3. The Balaban J connectivity index is 0.000000718. The average molecular weight is 512 g/mol. The van der Waals surface area contributed by atoms with E-state index >= 15 is 0 Å². The Kier molecular flexibility index (Phi) is 12.5. The number of amides is 1. The van der Waals surface area contributed by atoms with Crippen LogP contribution in [0.5, 0.6) is 0 Å². The molecule has 2 rings (SSSR count). The number of carboxylic acids is 1. The summed E-state index contributed by atoms with van der Waals surface area (Å²) in [6.45, 7) is 7.42. The predicted molar refractivity (Wildman–Crippen MR) is 120 cm³/mol. The van der Waals surface area contributed by atoms with Gasteiger partial charge >= 0.3 is 12.1 Å². The van der Waals surface area contributed by atoms with Gasteiger partial charge in [-0.3, -0.25) is 4.79 Å². The van der Waals surface area contributed by atoms with Crippen LogP contribution in [-0.4, -0.2) is 98.5 Å². The lowest BCUT2D eigenvalue weighted by Gasteiger charge is -2.28. The molecule has 1 heterocycles. The summed E-state index contributed by atoms with van der Waals surface area (Å²) >= 11 is 0. The Labute approximate surface area is 197 Å². The number of carbonyl (C=O) groups excluding carboxylic acids is 1. The minimum Gasteiger partial charge on any atom is -0.475 e. The third-order valence-corrected chi connectivity index (χ3v) is 6.51. The van der Waals surface area contributed by atoms with E-state index in [1.807, 2.05) is 32.0 Å². The molecule has 0 saturated carbocycles. The molecule has 13 heteroatoms. The van der Waals surface area contributed by atoms with Crippen LogP contribution in [0.25, 0.3) is 0 Å². The van der Waals surface area contributed by atoms with Gasteiger partial charge in [0.05, 0.1) is 11.9 Å². The SMILES string of the molecule is CC(C)OCCCN(CCS(=O)(=O)N1CCNCC1)C(=O)c1ccccc1.O=C(O)C(F)(F)F. The fourth-order valence-electron chi connectivity index (χ4n) is 2.93. The molecule has 0 bridgehead atoms. The molecule has 1 aliphatic rings. The maximum Gasteiger partial charge on any atom is 0.490 e. The van der Waals surface area contributed by atoms with Gasteiger partial charge in [-0.2, -0.15) is 17.5 Å². The van der Waals surface area contributed by atoms with Crippen LogP contribution in [0.1, 0.15) is 30.6 Å². The van der Waals surface area contributed by atoms with Crippen LogP contribution in [0.3, 0.4) is 0 Å². The van der Waals surface area contributed by atoms with E-state index in [1.54, 1.807) is 17.0 Å². The zero-order valence-electron chi connectivity index (χ0n) is 19.3. The van der Waals surface area contributed by atoms with Gasteiger partial charge in [0.2, 0.25) is 10.0 Å². The Morgan fingerprint density at radius 3 is 2.21 bits per heavy atom. The van der Waals surface area contributed by atoms with Crippen molar-refractivity contribution in [3.63, 3.8) is 0 Å². The molecule has 1 aromatic carbocycles. The monoisotopic (exact) mass is 511 g/mol. The predicted octanol–water partition coefficient (Wildman–Crippen LogP) is 1.81. The fourth-order valence-corrected chi connectivity index (χ4v) is 4.38. The number of carbonyl (C=O) groups is 2. The number of hydrogen-bond acceptors (Lipinski definition) is 6. The quantitative estimate of drug-likeness (QED) is 0.460. The topological polar surface area (TPSA) is 116 Å². The van der Waals surface area contributed by atoms with Gasteiger partial charge in [-0.05, 0) is 32.4 Å². The van der Waals surface area contributed by atoms with Crippen molar-refractivity contribution in [3.05, 3.63) is 35.9 Å². The molecule has 0 aromatic heterocycles. The summed E-state index contributed by atoms with van der Waals surface area (Å²) in [6.07, 6.45) is -4.28. The number of piperazine rings is 1. The number of ether oxygens (including phenoxy) is 1. The van der Waals surface area contributed by atoms with Crippen molar-refractivity contribution < 1.29 is 41.0 Å². The maximum absolute atomic E-state index is 12.8. The first-order valence-corrected chi connectivity index (χ1v) is 12.4. The van der Waals surface area contributed by atoms with Gasteiger partial charge in [0.1, 0.15) is 0 Å². The van der Waals surface area contributed by atoms with Crippen LogP contribution in [0.15, 0.2) is 30.3 Å². The van der Waals surface area contributed by atoms with E-state index in [-0.39, 0.29) is 24.3 Å². The largest absolute Gasteiger partial charge is 0.490 e. The highest BCUT2D eigenvalue weighted by molar-refractivity contribution is 7.89. The lowest BCUT2D eigenvalue weighted by molar-refractivity contribution is -0.192. The normalized spacial score (nSPS) is 14.9. The standard InChI is InChI=1S/C19H31N3O4S.C2HF3O2/c1-17(2)26-15-6-11-21(19(23)18-7-4-3-5-8-18)14-16-27(24,25)22-12-9-20-10-13-22;3-2(4,5)1(6)7/h3-5,7-8,17,20H,6,9-16H2,1-2H3;(H,6,7). The minimum absolute atomic E-state index is 0.0589. The number of nitrogens with one attached hydrogen (secondary N) is 1. The number of aliphatic carboxylic acids is 1. The van der Waals surface area contributed by atoms with E-state index in [1.165, 1.54) is 4.31 Å². The Morgan fingerprint density at radius 2 is 1.71 bits per heavy atom. The minimum atomic E-state index is -5.08. The molecule has 0 aliphatic carbocycles. The van der Waals surface area contributed by atoms with Crippen molar-refractivity contribution in [2.45, 2.75) is 32.5 Å². The summed E-state index contributed by atoms with van der Waals surface area (Å²) in [5.41, 5.74) is 0.571. The molecule has 1 aliphatic heterocycles. The van der Waals surface area contributed by atoms with Crippen molar-refractivity contribution in [2.24, 2.45) is 0 Å². The second-order valence-corrected chi connectivity index (χ2v) is 9.79. The van der Waals surface area contributed by atoms with Gasteiger partial charge in [-0.1, -0.05) is 18.2 Å². The van der Waals surface area contributed by atoms with E-state index in [4.69, 9.17) is 14.6 Å². The molecule has 9 nitrogen and oxygen atoms in total. The van der Waals surface area contributed by atoms with E-state index in [9.17, 15) is 26.4 Å². The molecular formula is C21H32F3N3O6S. The summed E-state index contributed by atoms with van der Waals surface area (Å²) < 4.78 is 64.0. The van der Waals surface area contributed by atoms with E-state index in [0.717, 1.165) is 0 Å². The molecule has 1 aromatic rings. The van der Waals surface area contributed by atoms with Crippen molar-refractivity contribution in [2.75, 3.05) is 51.6 Å². The second-order valence-electron chi connectivity index (χ2n) is 7.70. The van der Waals surface area contributed by atoms with Gasteiger partial charge in [-0.15, -0.1) is 0 Å². The summed E-state index contributed by atoms with van der Waals surface area (Å²) in [5, 5.41) is 10.3. The molecule has 0 atom stereocenters. The van der Waals surface area contributed by atoms with Crippen molar-refractivity contribution in [3.8, 4) is 0 Å². The first kappa shape index (κ1) is 29.8. The number of sulfonamides is 1. The number of halogens is 3. The zero-order valence-corrected chi connectivity index (χ0v) is 20.1. The molecule has 0 unspecified atom stereocenters. The third-order valence-electron chi connectivity index (χ3n) is 4.66. The highest BCUT2D eigenvalue weighted by Crippen LogP contribution is 2.13. The number of rotatable bonds is 10. The highest BCUT2D eigenvalue weighted by Gasteiger charge is 2.38.